The summed E-state index contributed by atoms with van der Waals surface area (Å²) in [5, 5.41) is 17.1. The Labute approximate surface area is 134 Å². The van der Waals surface area contributed by atoms with E-state index in [1.807, 2.05) is 11.9 Å². The van der Waals surface area contributed by atoms with Crippen LogP contribution in [0.15, 0.2) is 29.3 Å². The highest BCUT2D eigenvalue weighted by atomic mass is 127. The number of likely N-dealkylation sites (N-methyl/N-ethyl adjacent to an activating group) is 1. The molecule has 1 aliphatic heterocycles. The molecule has 0 atom stereocenters. The number of guanidine groups is 1. The normalized spacial score (nSPS) is 13.4. The van der Waals surface area contributed by atoms with E-state index in [-0.39, 0.29) is 34.6 Å². The van der Waals surface area contributed by atoms with E-state index in [1.54, 1.807) is 18.2 Å². The van der Waals surface area contributed by atoms with Crippen molar-refractivity contribution in [2.24, 2.45) is 4.99 Å². The van der Waals surface area contributed by atoms with Gasteiger partial charge in [-0.25, -0.2) is 0 Å². The first-order valence-electron chi connectivity index (χ1n) is 6.15. The predicted molar refractivity (Wildman–Crippen MR) is 89.9 cm³/mol. The van der Waals surface area contributed by atoms with Gasteiger partial charge in [-0.1, -0.05) is 12.1 Å². The van der Waals surface area contributed by atoms with Gasteiger partial charge in [0.2, 0.25) is 0 Å². The smallest absolute Gasteiger partial charge is 0.292 e. The third kappa shape index (κ3) is 4.22. The quantitative estimate of drug-likeness (QED) is 0.344. The van der Waals surface area contributed by atoms with Crippen molar-refractivity contribution in [2.75, 3.05) is 38.5 Å². The van der Waals surface area contributed by atoms with Gasteiger partial charge in [-0.05, 0) is 6.07 Å². The standard InChI is InChI=1S/C12H17N5O2.HI/c1-16-9-8-15-12(16)14-7-6-13-10-4-2-3-5-11(10)17(18)19;/h2-5,13H,6-9H2,1H3,(H,14,15);1H. The summed E-state index contributed by atoms with van der Waals surface area (Å²) >= 11 is 0. The van der Waals surface area contributed by atoms with Crippen LogP contribution in [0.2, 0.25) is 0 Å². The Bertz CT molecular complexity index is 494. The number of hydrogen-bond donors (Lipinski definition) is 2. The molecule has 1 aliphatic rings. The van der Waals surface area contributed by atoms with E-state index in [1.165, 1.54) is 6.07 Å². The van der Waals surface area contributed by atoms with Gasteiger partial charge in [-0.15, -0.1) is 24.0 Å². The third-order valence-electron chi connectivity index (χ3n) is 2.88. The molecule has 7 nitrogen and oxygen atoms in total. The number of nitrogens with one attached hydrogen (secondary N) is 2. The highest BCUT2D eigenvalue weighted by molar-refractivity contribution is 14.0. The Kier molecular flexibility index (Phi) is 6.49. The molecule has 0 radical (unpaired) electrons. The molecule has 2 N–H and O–H groups in total. The lowest BCUT2D eigenvalue weighted by Gasteiger charge is -2.15. The van der Waals surface area contributed by atoms with Crippen LogP contribution in [0.1, 0.15) is 0 Å². The molecule has 0 amide bonds. The van der Waals surface area contributed by atoms with Crippen LogP contribution < -0.4 is 10.6 Å². The van der Waals surface area contributed by atoms with Gasteiger partial charge in [0, 0.05) is 32.7 Å². The molecule has 1 aromatic carbocycles. The Morgan fingerprint density at radius 3 is 2.70 bits per heavy atom. The SMILES string of the molecule is CN1CCN=C1NCCNc1ccccc1[N+](=O)[O-].I. The molecule has 0 saturated heterocycles. The van der Waals surface area contributed by atoms with Gasteiger partial charge >= 0.3 is 0 Å². The number of nitrogens with zero attached hydrogens (tertiary/aromatic N) is 3. The summed E-state index contributed by atoms with van der Waals surface area (Å²) in [6.45, 7) is 3.00. The number of para-hydroxylation sites is 2. The zero-order valence-electron chi connectivity index (χ0n) is 11.2. The van der Waals surface area contributed by atoms with Gasteiger partial charge < -0.3 is 15.5 Å². The molecule has 2 rings (SSSR count). The number of nitro groups is 1. The second-order valence-electron chi connectivity index (χ2n) is 4.25. The molecule has 110 valence electrons. The molecule has 0 bridgehead atoms. The number of nitro benzene ring substituents is 1. The number of halogens is 1. The fourth-order valence-electron chi connectivity index (χ4n) is 1.88. The minimum atomic E-state index is -0.384. The molecule has 1 aromatic rings. The summed E-state index contributed by atoms with van der Waals surface area (Å²) in [4.78, 5) is 16.8. The predicted octanol–water partition coefficient (Wildman–Crippen LogP) is 1.52. The number of anilines is 1. The monoisotopic (exact) mass is 391 g/mol. The Morgan fingerprint density at radius 2 is 2.05 bits per heavy atom. The Hall–Kier alpha value is -1.58. The summed E-state index contributed by atoms with van der Waals surface area (Å²) in [5.74, 6) is 0.879. The van der Waals surface area contributed by atoms with Gasteiger partial charge in [0.15, 0.2) is 5.96 Å². The maximum atomic E-state index is 10.8. The molecule has 0 saturated carbocycles. The van der Waals surface area contributed by atoms with Crippen LogP contribution in [0.25, 0.3) is 0 Å². The van der Waals surface area contributed by atoms with Gasteiger partial charge in [-0.3, -0.25) is 15.1 Å². The van der Waals surface area contributed by atoms with E-state index in [2.05, 4.69) is 15.6 Å². The highest BCUT2D eigenvalue weighted by Gasteiger charge is 2.13. The van der Waals surface area contributed by atoms with Crippen LogP contribution in [0.5, 0.6) is 0 Å². The fourth-order valence-corrected chi connectivity index (χ4v) is 1.88. The molecule has 20 heavy (non-hydrogen) atoms. The summed E-state index contributed by atoms with van der Waals surface area (Å²) < 4.78 is 0. The summed E-state index contributed by atoms with van der Waals surface area (Å²) in [7, 11) is 1.98. The number of rotatable bonds is 5. The van der Waals surface area contributed by atoms with Crippen molar-refractivity contribution in [1.82, 2.24) is 10.2 Å². The minimum absolute atomic E-state index is 0. The minimum Gasteiger partial charge on any atom is -0.378 e. The highest BCUT2D eigenvalue weighted by Crippen LogP contribution is 2.22. The van der Waals surface area contributed by atoms with Crippen LogP contribution in [0.4, 0.5) is 11.4 Å². The molecule has 8 heteroatoms. The van der Waals surface area contributed by atoms with E-state index >= 15 is 0 Å². The van der Waals surface area contributed by atoms with E-state index in [0.29, 0.717) is 18.8 Å². The molecule has 0 spiro atoms. The molecule has 0 aromatic heterocycles. The fraction of sp³-hybridized carbons (Fsp3) is 0.417. The summed E-state index contributed by atoms with van der Waals surface area (Å²) in [5.41, 5.74) is 0.633. The first-order valence-corrected chi connectivity index (χ1v) is 6.15. The summed E-state index contributed by atoms with van der Waals surface area (Å²) in [6, 6.07) is 6.63. The summed E-state index contributed by atoms with van der Waals surface area (Å²) in [6.07, 6.45) is 0. The van der Waals surface area contributed by atoms with Crippen LogP contribution >= 0.6 is 24.0 Å². The van der Waals surface area contributed by atoms with Crippen molar-refractivity contribution in [3.63, 3.8) is 0 Å². The maximum absolute atomic E-state index is 10.8. The van der Waals surface area contributed by atoms with Gasteiger partial charge in [0.05, 0.1) is 11.5 Å². The molecular formula is C12H18IN5O2. The number of aliphatic imine (C=N–C) groups is 1. The average molecular weight is 391 g/mol. The molecular weight excluding hydrogens is 373 g/mol. The van der Waals surface area contributed by atoms with Gasteiger partial charge in [0.1, 0.15) is 5.69 Å². The molecule has 0 unspecified atom stereocenters. The lowest BCUT2D eigenvalue weighted by Crippen LogP contribution is -2.37. The van der Waals surface area contributed by atoms with E-state index in [9.17, 15) is 10.1 Å². The van der Waals surface area contributed by atoms with Crippen molar-refractivity contribution in [3.05, 3.63) is 34.4 Å². The average Bonchev–Trinajstić information content (AvgIpc) is 2.80. The number of hydrogen-bond acceptors (Lipinski definition) is 6. The Balaban J connectivity index is 0.00000200. The maximum Gasteiger partial charge on any atom is 0.292 e. The van der Waals surface area contributed by atoms with Crippen molar-refractivity contribution in [3.8, 4) is 0 Å². The number of benzene rings is 1. The van der Waals surface area contributed by atoms with Crippen molar-refractivity contribution in [2.45, 2.75) is 0 Å². The van der Waals surface area contributed by atoms with E-state index in [4.69, 9.17) is 0 Å². The third-order valence-corrected chi connectivity index (χ3v) is 2.88. The zero-order valence-corrected chi connectivity index (χ0v) is 13.5. The van der Waals surface area contributed by atoms with Gasteiger partial charge in [0.25, 0.3) is 5.69 Å². The van der Waals surface area contributed by atoms with Crippen LogP contribution in [0, 0.1) is 10.1 Å². The topological polar surface area (TPSA) is 82.8 Å². The molecule has 0 aliphatic carbocycles. The van der Waals surface area contributed by atoms with Crippen molar-refractivity contribution in [1.29, 1.82) is 0 Å². The second-order valence-corrected chi connectivity index (χ2v) is 4.25. The molecule has 0 fully saturated rings. The van der Waals surface area contributed by atoms with E-state index < -0.39 is 0 Å². The van der Waals surface area contributed by atoms with Crippen molar-refractivity contribution >= 4 is 41.3 Å². The van der Waals surface area contributed by atoms with Crippen LogP contribution in [-0.4, -0.2) is 49.0 Å². The van der Waals surface area contributed by atoms with Crippen LogP contribution in [0.3, 0.4) is 0 Å². The van der Waals surface area contributed by atoms with E-state index in [0.717, 1.165) is 19.0 Å². The molecule has 1 heterocycles. The lowest BCUT2D eigenvalue weighted by atomic mass is 10.2. The van der Waals surface area contributed by atoms with Crippen LogP contribution in [-0.2, 0) is 0 Å². The zero-order chi connectivity index (χ0) is 13.7. The largest absolute Gasteiger partial charge is 0.378 e. The lowest BCUT2D eigenvalue weighted by molar-refractivity contribution is -0.384. The van der Waals surface area contributed by atoms with Crippen molar-refractivity contribution < 1.29 is 4.92 Å². The first kappa shape index (κ1) is 16.5. The van der Waals surface area contributed by atoms with Gasteiger partial charge in [-0.2, -0.15) is 0 Å². The second kappa shape index (κ2) is 7.88. The Morgan fingerprint density at radius 1 is 1.35 bits per heavy atom. The first-order chi connectivity index (χ1) is 9.18.